The molecule has 0 bridgehead atoms. The van der Waals surface area contributed by atoms with Gasteiger partial charge in [0.05, 0.1) is 11.5 Å². The Morgan fingerprint density at radius 3 is 2.72 bits per heavy atom. The molecule has 94 valence electrons. The van der Waals surface area contributed by atoms with Gasteiger partial charge in [-0.1, -0.05) is 0 Å². The minimum atomic E-state index is -0.478. The molecule has 1 aromatic heterocycles. The maximum absolute atomic E-state index is 12.7. The van der Waals surface area contributed by atoms with Crippen molar-refractivity contribution >= 4 is 11.4 Å². The van der Waals surface area contributed by atoms with Crippen LogP contribution in [0, 0.1) is 15.9 Å². The molecular formula is C11H11FN4O2. The van der Waals surface area contributed by atoms with E-state index < -0.39 is 4.92 Å². The summed E-state index contributed by atoms with van der Waals surface area (Å²) < 4.78 is 14.1. The van der Waals surface area contributed by atoms with Gasteiger partial charge >= 0.3 is 5.69 Å². The van der Waals surface area contributed by atoms with E-state index >= 15 is 0 Å². The van der Waals surface area contributed by atoms with Crippen LogP contribution in [-0.4, -0.2) is 14.7 Å². The molecule has 0 amide bonds. The Morgan fingerprint density at radius 2 is 2.11 bits per heavy atom. The average Bonchev–Trinajstić information content (AvgIpc) is 2.70. The summed E-state index contributed by atoms with van der Waals surface area (Å²) in [5.41, 5.74) is 0.982. The summed E-state index contributed by atoms with van der Waals surface area (Å²) in [5.74, 6) is -0.329. The van der Waals surface area contributed by atoms with Crippen LogP contribution in [0.1, 0.15) is 5.69 Å². The average molecular weight is 250 g/mol. The summed E-state index contributed by atoms with van der Waals surface area (Å²) in [6, 6.07) is 5.75. The van der Waals surface area contributed by atoms with E-state index in [1.807, 2.05) is 0 Å². The van der Waals surface area contributed by atoms with Crippen LogP contribution in [0.3, 0.4) is 0 Å². The van der Waals surface area contributed by atoms with Crippen LogP contribution in [0.2, 0.25) is 0 Å². The number of hydrogen-bond acceptors (Lipinski definition) is 4. The molecule has 0 unspecified atom stereocenters. The third-order valence-corrected chi connectivity index (χ3v) is 2.38. The van der Waals surface area contributed by atoms with Crippen molar-refractivity contribution in [2.45, 2.75) is 6.54 Å². The summed E-state index contributed by atoms with van der Waals surface area (Å²) in [6.07, 6.45) is 1.35. The van der Waals surface area contributed by atoms with Crippen LogP contribution >= 0.6 is 0 Å². The Labute approximate surface area is 102 Å². The van der Waals surface area contributed by atoms with Crippen molar-refractivity contribution in [3.8, 4) is 0 Å². The van der Waals surface area contributed by atoms with Gasteiger partial charge in [0.1, 0.15) is 12.0 Å². The predicted molar refractivity (Wildman–Crippen MR) is 63.6 cm³/mol. The molecule has 2 rings (SSSR count). The lowest BCUT2D eigenvalue weighted by Crippen LogP contribution is -2.03. The van der Waals surface area contributed by atoms with Gasteiger partial charge in [0.25, 0.3) is 0 Å². The van der Waals surface area contributed by atoms with E-state index in [0.717, 1.165) is 0 Å². The van der Waals surface area contributed by atoms with E-state index in [1.54, 1.807) is 19.2 Å². The second-order valence-corrected chi connectivity index (χ2v) is 3.75. The second kappa shape index (κ2) is 4.82. The van der Waals surface area contributed by atoms with Gasteiger partial charge in [-0.05, 0) is 24.3 Å². The Morgan fingerprint density at radius 1 is 1.44 bits per heavy atom. The summed E-state index contributed by atoms with van der Waals surface area (Å²) in [7, 11) is 1.62. The zero-order chi connectivity index (χ0) is 13.1. The Kier molecular flexibility index (Phi) is 3.22. The van der Waals surface area contributed by atoms with Gasteiger partial charge in [-0.3, -0.25) is 14.8 Å². The maximum Gasteiger partial charge on any atom is 0.312 e. The molecule has 0 fully saturated rings. The van der Waals surface area contributed by atoms with Crippen molar-refractivity contribution in [2.75, 3.05) is 5.32 Å². The maximum atomic E-state index is 12.7. The first-order valence-corrected chi connectivity index (χ1v) is 5.22. The third kappa shape index (κ3) is 2.62. The standard InChI is InChI=1S/C11H11FN4O2/c1-15-7-11(16(17)18)10(14-15)6-13-9-4-2-8(12)3-5-9/h2-5,7,13H,6H2,1H3. The number of nitrogens with one attached hydrogen (secondary N) is 1. The molecule has 18 heavy (non-hydrogen) atoms. The molecule has 0 aliphatic carbocycles. The highest BCUT2D eigenvalue weighted by molar-refractivity contribution is 5.44. The van der Waals surface area contributed by atoms with E-state index in [2.05, 4.69) is 10.4 Å². The molecule has 2 aromatic rings. The first-order valence-electron chi connectivity index (χ1n) is 5.22. The van der Waals surface area contributed by atoms with Crippen LogP contribution < -0.4 is 5.32 Å². The molecule has 0 radical (unpaired) electrons. The van der Waals surface area contributed by atoms with Crippen molar-refractivity contribution < 1.29 is 9.31 Å². The molecular weight excluding hydrogens is 239 g/mol. The number of anilines is 1. The van der Waals surface area contributed by atoms with Gasteiger partial charge in [-0.15, -0.1) is 0 Å². The van der Waals surface area contributed by atoms with Gasteiger partial charge < -0.3 is 5.32 Å². The summed E-state index contributed by atoms with van der Waals surface area (Å²) in [4.78, 5) is 10.3. The Bertz CT molecular complexity index is 565. The van der Waals surface area contributed by atoms with Crippen LogP contribution in [-0.2, 0) is 13.6 Å². The number of aromatic nitrogens is 2. The first kappa shape index (κ1) is 12.0. The zero-order valence-electron chi connectivity index (χ0n) is 9.63. The topological polar surface area (TPSA) is 73.0 Å². The molecule has 0 spiro atoms. The lowest BCUT2D eigenvalue weighted by molar-refractivity contribution is -0.385. The number of nitro groups is 1. The van der Waals surface area contributed by atoms with E-state index in [1.165, 1.54) is 23.0 Å². The molecule has 1 N–H and O–H groups in total. The minimum absolute atomic E-state index is 0.0351. The van der Waals surface area contributed by atoms with Crippen molar-refractivity contribution in [1.82, 2.24) is 9.78 Å². The normalized spacial score (nSPS) is 10.3. The first-order chi connectivity index (χ1) is 8.56. The van der Waals surface area contributed by atoms with E-state index in [0.29, 0.717) is 11.4 Å². The van der Waals surface area contributed by atoms with Crippen molar-refractivity contribution in [3.05, 3.63) is 52.1 Å². The van der Waals surface area contributed by atoms with E-state index in [9.17, 15) is 14.5 Å². The molecule has 7 heteroatoms. The van der Waals surface area contributed by atoms with Crippen LogP contribution in [0.25, 0.3) is 0 Å². The van der Waals surface area contributed by atoms with Crippen LogP contribution in [0.15, 0.2) is 30.5 Å². The van der Waals surface area contributed by atoms with Crippen molar-refractivity contribution in [3.63, 3.8) is 0 Å². The molecule has 1 heterocycles. The number of halogens is 1. The SMILES string of the molecule is Cn1cc([N+](=O)[O-])c(CNc2ccc(F)cc2)n1. The number of aryl methyl sites for hydroxylation is 1. The predicted octanol–water partition coefficient (Wildman–Crippen LogP) is 2.08. The van der Waals surface area contributed by atoms with Crippen LogP contribution in [0.4, 0.5) is 15.8 Å². The Hall–Kier alpha value is -2.44. The van der Waals surface area contributed by atoms with E-state index in [-0.39, 0.29) is 18.0 Å². The monoisotopic (exact) mass is 250 g/mol. The van der Waals surface area contributed by atoms with Gasteiger partial charge in [-0.25, -0.2) is 4.39 Å². The number of nitrogens with zero attached hydrogens (tertiary/aromatic N) is 3. The van der Waals surface area contributed by atoms with Crippen molar-refractivity contribution in [2.24, 2.45) is 7.05 Å². The molecule has 1 aromatic carbocycles. The molecule has 0 atom stereocenters. The third-order valence-electron chi connectivity index (χ3n) is 2.38. The second-order valence-electron chi connectivity index (χ2n) is 3.75. The highest BCUT2D eigenvalue weighted by Gasteiger charge is 2.17. The van der Waals surface area contributed by atoms with Gasteiger partial charge in [0.2, 0.25) is 0 Å². The molecule has 0 aliphatic heterocycles. The number of benzene rings is 1. The van der Waals surface area contributed by atoms with Gasteiger partial charge in [-0.2, -0.15) is 5.10 Å². The summed E-state index contributed by atoms with van der Waals surface area (Å²) >= 11 is 0. The highest BCUT2D eigenvalue weighted by atomic mass is 19.1. The number of rotatable bonds is 4. The van der Waals surface area contributed by atoms with Crippen molar-refractivity contribution in [1.29, 1.82) is 0 Å². The quantitative estimate of drug-likeness (QED) is 0.666. The Balaban J connectivity index is 2.10. The fourth-order valence-electron chi connectivity index (χ4n) is 1.55. The molecule has 0 saturated carbocycles. The van der Waals surface area contributed by atoms with E-state index in [4.69, 9.17) is 0 Å². The smallest absolute Gasteiger partial charge is 0.312 e. The lowest BCUT2D eigenvalue weighted by atomic mass is 10.3. The highest BCUT2D eigenvalue weighted by Crippen LogP contribution is 2.17. The van der Waals surface area contributed by atoms with Gasteiger partial charge in [0.15, 0.2) is 5.69 Å². The summed E-state index contributed by atoms with van der Waals surface area (Å²) in [5, 5.41) is 17.7. The fourth-order valence-corrected chi connectivity index (χ4v) is 1.55. The largest absolute Gasteiger partial charge is 0.379 e. The molecule has 6 nitrogen and oxygen atoms in total. The van der Waals surface area contributed by atoms with Gasteiger partial charge in [0, 0.05) is 12.7 Å². The molecule has 0 saturated heterocycles. The minimum Gasteiger partial charge on any atom is -0.379 e. The lowest BCUT2D eigenvalue weighted by Gasteiger charge is -2.03. The summed E-state index contributed by atoms with van der Waals surface area (Å²) in [6.45, 7) is 0.211. The molecule has 0 aliphatic rings. The van der Waals surface area contributed by atoms with Crippen LogP contribution in [0.5, 0.6) is 0 Å². The number of hydrogen-bond donors (Lipinski definition) is 1. The zero-order valence-corrected chi connectivity index (χ0v) is 9.63. The fraction of sp³-hybridized carbons (Fsp3) is 0.182.